The van der Waals surface area contributed by atoms with Crippen molar-refractivity contribution in [2.45, 2.75) is 23.7 Å². The molecule has 1 aromatic carbocycles. The van der Waals surface area contributed by atoms with Gasteiger partial charge in [0, 0.05) is 5.75 Å². The average molecular weight is 473 g/mol. The molecular formula is C16H19N5O10S. The summed E-state index contributed by atoms with van der Waals surface area (Å²) < 4.78 is 0. The van der Waals surface area contributed by atoms with E-state index in [9.17, 15) is 44.5 Å². The van der Waals surface area contributed by atoms with Gasteiger partial charge in [0.2, 0.25) is 5.91 Å². The van der Waals surface area contributed by atoms with Crippen molar-refractivity contribution >= 4 is 36.4 Å². The van der Waals surface area contributed by atoms with Crippen LogP contribution in [0.3, 0.4) is 0 Å². The Bertz CT molecular complexity index is 913. The minimum absolute atomic E-state index is 0.252. The Kier molecular flexibility index (Phi) is 8.60. The van der Waals surface area contributed by atoms with E-state index in [1.807, 2.05) is 5.32 Å². The van der Waals surface area contributed by atoms with Crippen LogP contribution in [0.25, 0.3) is 0 Å². The molecule has 0 saturated heterocycles. The van der Waals surface area contributed by atoms with Gasteiger partial charge in [-0.15, -0.1) is 0 Å². The molecule has 0 bridgehead atoms. The van der Waals surface area contributed by atoms with Gasteiger partial charge in [-0.3, -0.25) is 34.6 Å². The summed E-state index contributed by atoms with van der Waals surface area (Å²) in [6.45, 7) is -0.868. The Balaban J connectivity index is 3.42. The van der Waals surface area contributed by atoms with Crippen molar-refractivity contribution in [3.05, 3.63) is 56.1 Å². The Morgan fingerprint density at radius 3 is 2.03 bits per heavy atom. The molecule has 0 aromatic heterocycles. The van der Waals surface area contributed by atoms with Crippen LogP contribution in [0.1, 0.15) is 12.0 Å². The second kappa shape index (κ2) is 10.5. The highest BCUT2D eigenvalue weighted by Crippen LogP contribution is 2.32. The predicted octanol–water partition coefficient (Wildman–Crippen LogP) is -1.82. The number of carbonyl (C=O) groups excluding carboxylic acids is 2. The molecule has 16 heteroatoms. The number of hydrogen-bond donors (Lipinski definition) is 6. The second-order valence-corrected chi connectivity index (χ2v) is 6.84. The number of carbonyl (C=O) groups is 4. The predicted molar refractivity (Wildman–Crippen MR) is 108 cm³/mol. The molecule has 0 aliphatic rings. The number of aliphatic carboxylic acids is 2. The van der Waals surface area contributed by atoms with Gasteiger partial charge >= 0.3 is 23.5 Å². The highest BCUT2D eigenvalue weighted by molar-refractivity contribution is 7.80. The fourth-order valence-corrected chi connectivity index (χ4v) is 2.88. The normalized spacial score (nSPS) is 13.8. The number of benzene rings is 1. The lowest BCUT2D eigenvalue weighted by Crippen LogP contribution is -2.66. The molecule has 6 N–H and O–H groups in total. The molecule has 0 fully saturated rings. The molecule has 0 aliphatic carbocycles. The lowest BCUT2D eigenvalue weighted by molar-refractivity contribution is -0.778. The number of nitrogens with zero attached hydrogens (tertiary/aromatic N) is 2. The molecule has 15 nitrogen and oxygen atoms in total. The first-order chi connectivity index (χ1) is 14.8. The molecule has 1 aromatic rings. The van der Waals surface area contributed by atoms with Crippen molar-refractivity contribution in [3.63, 3.8) is 0 Å². The largest absolute Gasteiger partial charge is 0.537 e. The van der Waals surface area contributed by atoms with Gasteiger partial charge in [-0.2, -0.15) is 12.6 Å². The number of amides is 2. The quantitative estimate of drug-likeness (QED) is 0.0853. The van der Waals surface area contributed by atoms with Crippen molar-refractivity contribution in [1.29, 1.82) is 0 Å². The molecule has 1 rings (SSSR count). The number of carboxylic acids is 2. The first-order valence-electron chi connectivity index (χ1n) is 8.61. The van der Waals surface area contributed by atoms with Crippen LogP contribution in [0.4, 0.5) is 0 Å². The van der Waals surface area contributed by atoms with Crippen molar-refractivity contribution in [2.24, 2.45) is 5.73 Å². The lowest BCUT2D eigenvalue weighted by atomic mass is 9.81. The highest BCUT2D eigenvalue weighted by Gasteiger charge is 2.69. The van der Waals surface area contributed by atoms with Crippen LogP contribution in [0.2, 0.25) is 0 Å². The molecule has 0 spiro atoms. The molecule has 2 atom stereocenters. The third-order valence-electron chi connectivity index (χ3n) is 4.38. The SMILES string of the molecule is NC(CC(C(=O)NC(CS)C(=O)NCC(=O)O)([N+](=O)[O-])[N+](=O)[O-])(C(=O)O)c1ccccc1. The maximum absolute atomic E-state index is 12.7. The first kappa shape index (κ1) is 26.2. The van der Waals surface area contributed by atoms with E-state index < -0.39 is 69.6 Å². The van der Waals surface area contributed by atoms with Crippen molar-refractivity contribution < 1.29 is 39.2 Å². The van der Waals surface area contributed by atoms with E-state index in [2.05, 4.69) is 12.6 Å². The van der Waals surface area contributed by atoms with Crippen LogP contribution in [0, 0.1) is 20.2 Å². The molecule has 2 unspecified atom stereocenters. The molecular weight excluding hydrogens is 454 g/mol. The summed E-state index contributed by atoms with van der Waals surface area (Å²) in [6.07, 6.45) is -1.61. The van der Waals surface area contributed by atoms with E-state index in [4.69, 9.17) is 10.8 Å². The third kappa shape index (κ3) is 5.46. The van der Waals surface area contributed by atoms with E-state index in [0.717, 1.165) is 12.1 Å². The molecule has 0 saturated carbocycles. The lowest BCUT2D eigenvalue weighted by Gasteiger charge is -2.28. The topological polar surface area (TPSA) is 245 Å². The maximum atomic E-state index is 12.7. The number of nitrogens with two attached hydrogens (primary N) is 1. The van der Waals surface area contributed by atoms with E-state index in [-0.39, 0.29) is 5.56 Å². The fourth-order valence-electron chi connectivity index (χ4n) is 2.62. The van der Waals surface area contributed by atoms with Gasteiger partial charge in [0.1, 0.15) is 28.9 Å². The maximum Gasteiger partial charge on any atom is 0.537 e. The van der Waals surface area contributed by atoms with Crippen LogP contribution >= 0.6 is 12.6 Å². The van der Waals surface area contributed by atoms with Gasteiger partial charge < -0.3 is 26.6 Å². The average Bonchev–Trinajstić information content (AvgIpc) is 2.73. The number of rotatable bonds is 12. The van der Waals surface area contributed by atoms with Crippen LogP contribution in [0.15, 0.2) is 30.3 Å². The van der Waals surface area contributed by atoms with Crippen LogP contribution in [-0.2, 0) is 24.7 Å². The van der Waals surface area contributed by atoms with Crippen molar-refractivity contribution in [1.82, 2.24) is 10.6 Å². The summed E-state index contributed by atoms with van der Waals surface area (Å²) in [6, 6.07) is 4.75. The zero-order chi connectivity index (χ0) is 24.7. The van der Waals surface area contributed by atoms with Crippen LogP contribution in [0.5, 0.6) is 0 Å². The van der Waals surface area contributed by atoms with Crippen molar-refractivity contribution in [3.8, 4) is 0 Å². The number of thiol groups is 1. The Morgan fingerprint density at radius 1 is 1.09 bits per heavy atom. The number of nitrogens with one attached hydrogen (secondary N) is 2. The Hall–Kier alpha value is -3.79. The van der Waals surface area contributed by atoms with Gasteiger partial charge in [0.25, 0.3) is 0 Å². The minimum atomic E-state index is -3.81. The molecule has 2 amide bonds. The summed E-state index contributed by atoms with van der Waals surface area (Å²) in [5.41, 5.74) is -0.978. The monoisotopic (exact) mass is 473 g/mol. The molecule has 0 heterocycles. The molecule has 174 valence electrons. The van der Waals surface area contributed by atoms with Gasteiger partial charge in [0.15, 0.2) is 5.54 Å². The number of carboxylic acid groups (broad SMARTS) is 2. The van der Waals surface area contributed by atoms with Gasteiger partial charge in [-0.05, 0) is 5.56 Å². The minimum Gasteiger partial charge on any atom is -0.480 e. The smallest absolute Gasteiger partial charge is 0.480 e. The van der Waals surface area contributed by atoms with E-state index in [0.29, 0.717) is 0 Å². The highest BCUT2D eigenvalue weighted by atomic mass is 32.1. The van der Waals surface area contributed by atoms with Crippen molar-refractivity contribution in [2.75, 3.05) is 12.3 Å². The molecule has 32 heavy (non-hydrogen) atoms. The van der Waals surface area contributed by atoms with E-state index in [1.165, 1.54) is 18.2 Å². The van der Waals surface area contributed by atoms with Gasteiger partial charge in [-0.1, -0.05) is 30.3 Å². The second-order valence-electron chi connectivity index (χ2n) is 6.47. The third-order valence-corrected chi connectivity index (χ3v) is 4.75. The summed E-state index contributed by atoms with van der Waals surface area (Å²) in [7, 11) is 0. The summed E-state index contributed by atoms with van der Waals surface area (Å²) in [4.78, 5) is 67.4. The number of hydrogen-bond acceptors (Lipinski definition) is 10. The zero-order valence-corrected chi connectivity index (χ0v) is 17.1. The van der Waals surface area contributed by atoms with Gasteiger partial charge in [-0.25, -0.2) is 4.79 Å². The van der Waals surface area contributed by atoms with E-state index in [1.54, 1.807) is 5.32 Å². The van der Waals surface area contributed by atoms with E-state index >= 15 is 0 Å². The van der Waals surface area contributed by atoms with Gasteiger partial charge in [0.05, 0.1) is 0 Å². The fraction of sp³-hybridized carbons (Fsp3) is 0.375. The summed E-state index contributed by atoms with van der Waals surface area (Å²) in [5, 5.41) is 45.3. The van der Waals surface area contributed by atoms with Crippen LogP contribution in [-0.4, -0.2) is 67.8 Å². The molecule has 0 radical (unpaired) electrons. The Morgan fingerprint density at radius 2 is 1.62 bits per heavy atom. The summed E-state index contributed by atoms with van der Waals surface area (Å²) >= 11 is 3.77. The standard InChI is InChI=1S/C16H19N5O10S/c17-15(14(26)27,9-4-2-1-3-5-9)8-16(20(28)29,21(30)31)13(25)19-10(7-32)12(24)18-6-11(22)23/h1-5,10,32H,6-8,17H2,(H,18,24)(H,19,25)(H,22,23)(H,26,27). The first-order valence-corrected chi connectivity index (χ1v) is 9.24. The number of nitro groups is 2. The van der Waals surface area contributed by atoms with Crippen LogP contribution < -0.4 is 16.4 Å². The Labute approximate surface area is 184 Å². The molecule has 0 aliphatic heterocycles. The zero-order valence-electron chi connectivity index (χ0n) is 16.2. The summed E-state index contributed by atoms with van der Waals surface area (Å²) in [5.74, 6) is -6.92.